The Hall–Kier alpha value is -1.53. The molecule has 2 aromatic rings. The minimum Gasteiger partial charge on any atom is -0.434 e. The number of alkyl halides is 2. The number of benzene rings is 1. The second kappa shape index (κ2) is 9.52. The molecule has 1 atom stereocenters. The molecular weight excluding hydrogens is 390 g/mol. The molecule has 0 aliphatic carbocycles. The number of nitrogens with zero attached hydrogens (tertiary/aromatic N) is 2. The van der Waals surface area contributed by atoms with Gasteiger partial charge in [0, 0.05) is 18.0 Å². The lowest BCUT2D eigenvalue weighted by atomic mass is 9.76. The van der Waals surface area contributed by atoms with Crippen LogP contribution >= 0.6 is 11.3 Å². The molecule has 0 spiro atoms. The Morgan fingerprint density at radius 2 is 2.03 bits per heavy atom. The summed E-state index contributed by atoms with van der Waals surface area (Å²) < 4.78 is 30.4. The van der Waals surface area contributed by atoms with Crippen molar-refractivity contribution in [3.63, 3.8) is 0 Å². The zero-order chi connectivity index (χ0) is 21.0. The maximum Gasteiger partial charge on any atom is 0.387 e. The monoisotopic (exact) mass is 422 g/mol. The number of para-hydroxylation sites is 1. The van der Waals surface area contributed by atoms with Crippen LogP contribution in [0.4, 0.5) is 8.78 Å². The van der Waals surface area contributed by atoms with Gasteiger partial charge in [0.2, 0.25) is 0 Å². The molecule has 3 rings (SSSR count). The Morgan fingerprint density at radius 1 is 1.28 bits per heavy atom. The first kappa shape index (κ1) is 22.2. The number of hydrogen-bond acceptors (Lipinski definition) is 4. The number of thiazole rings is 1. The molecule has 1 fully saturated rings. The fourth-order valence-corrected chi connectivity index (χ4v) is 5.19. The molecule has 0 radical (unpaired) electrons. The standard InChI is InChI=1S/C23H32F2N2OS/c1-5-9-18-20(15-27-13-8-10-16(14-27)23(2,3)4)29-21(26-18)17-11-6-7-12-19(17)28-22(24)25/h6-7,11-12,16,22H,5,8-10,13-15H2,1-4H3. The third-order valence-corrected chi connectivity index (χ3v) is 6.81. The summed E-state index contributed by atoms with van der Waals surface area (Å²) in [6.07, 6.45) is 4.42. The van der Waals surface area contributed by atoms with E-state index in [0.717, 1.165) is 43.2 Å². The van der Waals surface area contributed by atoms with Crippen molar-refractivity contribution >= 4 is 11.3 Å². The third-order valence-electron chi connectivity index (χ3n) is 5.70. The Morgan fingerprint density at radius 3 is 2.72 bits per heavy atom. The molecule has 0 amide bonds. The summed E-state index contributed by atoms with van der Waals surface area (Å²) >= 11 is 1.62. The third kappa shape index (κ3) is 5.76. The Balaban J connectivity index is 1.85. The van der Waals surface area contributed by atoms with E-state index in [1.165, 1.54) is 17.7 Å². The van der Waals surface area contributed by atoms with E-state index in [1.807, 2.05) is 12.1 Å². The molecule has 3 nitrogen and oxygen atoms in total. The van der Waals surface area contributed by atoms with Gasteiger partial charge < -0.3 is 4.74 Å². The minimum absolute atomic E-state index is 0.191. The lowest BCUT2D eigenvalue weighted by molar-refractivity contribution is -0.0494. The largest absolute Gasteiger partial charge is 0.434 e. The number of halogens is 2. The van der Waals surface area contributed by atoms with Crippen molar-refractivity contribution in [3.8, 4) is 16.3 Å². The van der Waals surface area contributed by atoms with Crippen LogP contribution in [0.3, 0.4) is 0 Å². The molecule has 6 heteroatoms. The van der Waals surface area contributed by atoms with Gasteiger partial charge in [-0.15, -0.1) is 11.3 Å². The Kier molecular flexibility index (Phi) is 7.28. The van der Waals surface area contributed by atoms with Gasteiger partial charge in [0.15, 0.2) is 0 Å². The molecule has 2 heterocycles. The van der Waals surface area contributed by atoms with Crippen LogP contribution in [-0.2, 0) is 13.0 Å². The minimum atomic E-state index is -2.84. The SMILES string of the molecule is CCCc1nc(-c2ccccc2OC(F)F)sc1CN1CCCC(C(C)(C)C)C1. The molecule has 0 N–H and O–H groups in total. The Labute approximate surface area is 177 Å². The van der Waals surface area contributed by atoms with Gasteiger partial charge in [-0.05, 0) is 49.3 Å². The quantitative estimate of drug-likeness (QED) is 0.501. The maximum atomic E-state index is 12.8. The molecular formula is C23H32F2N2OS. The molecule has 0 bridgehead atoms. The van der Waals surface area contributed by atoms with Gasteiger partial charge in [0.05, 0.1) is 11.3 Å². The van der Waals surface area contributed by atoms with E-state index in [1.54, 1.807) is 23.5 Å². The van der Waals surface area contributed by atoms with E-state index in [2.05, 4.69) is 32.6 Å². The number of aromatic nitrogens is 1. The first-order valence-corrected chi connectivity index (χ1v) is 11.3. The van der Waals surface area contributed by atoms with E-state index >= 15 is 0 Å². The van der Waals surface area contributed by atoms with Crippen molar-refractivity contribution in [1.29, 1.82) is 0 Å². The molecule has 1 aliphatic rings. The van der Waals surface area contributed by atoms with Crippen LogP contribution in [0.25, 0.3) is 10.6 Å². The average Bonchev–Trinajstić information content (AvgIpc) is 3.04. The molecule has 1 aliphatic heterocycles. The molecule has 1 saturated heterocycles. The van der Waals surface area contributed by atoms with Crippen LogP contribution in [-0.4, -0.2) is 29.6 Å². The van der Waals surface area contributed by atoms with Crippen molar-refractivity contribution in [2.24, 2.45) is 11.3 Å². The molecule has 0 saturated carbocycles. The van der Waals surface area contributed by atoms with E-state index < -0.39 is 6.61 Å². The fourth-order valence-electron chi connectivity index (χ4n) is 4.01. The summed E-state index contributed by atoms with van der Waals surface area (Å²) in [5, 5.41) is 0.768. The number of likely N-dealkylation sites (tertiary alicyclic amines) is 1. The number of ether oxygens (including phenoxy) is 1. The number of piperidine rings is 1. The summed E-state index contributed by atoms with van der Waals surface area (Å²) in [5.41, 5.74) is 2.06. The summed E-state index contributed by atoms with van der Waals surface area (Å²) in [4.78, 5) is 8.63. The predicted octanol–water partition coefficient (Wildman–Crippen LogP) is 6.62. The number of rotatable bonds is 7. The van der Waals surface area contributed by atoms with Crippen molar-refractivity contribution in [3.05, 3.63) is 34.8 Å². The number of hydrogen-bond donors (Lipinski definition) is 0. The van der Waals surface area contributed by atoms with Crippen molar-refractivity contribution in [2.45, 2.75) is 66.5 Å². The van der Waals surface area contributed by atoms with Gasteiger partial charge in [-0.1, -0.05) is 46.2 Å². The fraction of sp³-hybridized carbons (Fsp3) is 0.609. The van der Waals surface area contributed by atoms with Crippen molar-refractivity contribution < 1.29 is 13.5 Å². The first-order chi connectivity index (χ1) is 13.8. The zero-order valence-electron chi connectivity index (χ0n) is 17.9. The van der Waals surface area contributed by atoms with Gasteiger partial charge in [0.1, 0.15) is 10.8 Å². The van der Waals surface area contributed by atoms with Crippen LogP contribution in [0.2, 0.25) is 0 Å². The summed E-state index contributed by atoms with van der Waals surface area (Å²) in [6.45, 7) is 9.39. The van der Waals surface area contributed by atoms with E-state index in [4.69, 9.17) is 9.72 Å². The average molecular weight is 423 g/mol. The molecule has 1 unspecified atom stereocenters. The summed E-state index contributed by atoms with van der Waals surface area (Å²) in [5.74, 6) is 0.884. The first-order valence-electron chi connectivity index (χ1n) is 10.5. The number of aryl methyl sites for hydroxylation is 1. The van der Waals surface area contributed by atoms with Gasteiger partial charge in [-0.2, -0.15) is 8.78 Å². The second-order valence-corrected chi connectivity index (χ2v) is 10.0. The topological polar surface area (TPSA) is 25.4 Å². The Bertz CT molecular complexity index is 800. The van der Waals surface area contributed by atoms with Gasteiger partial charge in [-0.25, -0.2) is 4.98 Å². The normalized spacial score (nSPS) is 18.4. The molecule has 1 aromatic heterocycles. The smallest absolute Gasteiger partial charge is 0.387 e. The van der Waals surface area contributed by atoms with E-state index in [9.17, 15) is 8.78 Å². The van der Waals surface area contributed by atoms with E-state index in [-0.39, 0.29) is 5.75 Å². The highest BCUT2D eigenvalue weighted by molar-refractivity contribution is 7.15. The van der Waals surface area contributed by atoms with Crippen LogP contribution in [0.15, 0.2) is 24.3 Å². The van der Waals surface area contributed by atoms with Crippen LogP contribution in [0.5, 0.6) is 5.75 Å². The maximum absolute atomic E-state index is 12.8. The van der Waals surface area contributed by atoms with Crippen molar-refractivity contribution in [2.75, 3.05) is 13.1 Å². The van der Waals surface area contributed by atoms with Crippen molar-refractivity contribution in [1.82, 2.24) is 9.88 Å². The van der Waals surface area contributed by atoms with Crippen LogP contribution in [0.1, 0.15) is 57.5 Å². The van der Waals surface area contributed by atoms with E-state index in [0.29, 0.717) is 16.9 Å². The second-order valence-electron chi connectivity index (χ2n) is 8.95. The molecule has 1 aromatic carbocycles. The molecule has 160 valence electrons. The van der Waals surface area contributed by atoms with Gasteiger partial charge >= 0.3 is 6.61 Å². The van der Waals surface area contributed by atoms with Crippen LogP contribution in [0, 0.1) is 11.3 Å². The lowest BCUT2D eigenvalue weighted by Crippen LogP contribution is -2.40. The highest BCUT2D eigenvalue weighted by Crippen LogP contribution is 2.38. The highest BCUT2D eigenvalue weighted by atomic mass is 32.1. The predicted molar refractivity (Wildman–Crippen MR) is 116 cm³/mol. The highest BCUT2D eigenvalue weighted by Gasteiger charge is 2.30. The summed E-state index contributed by atoms with van der Waals surface area (Å²) in [7, 11) is 0. The lowest BCUT2D eigenvalue weighted by Gasteiger charge is -2.39. The molecule has 29 heavy (non-hydrogen) atoms. The van der Waals surface area contributed by atoms with Gasteiger partial charge in [0.25, 0.3) is 0 Å². The van der Waals surface area contributed by atoms with Gasteiger partial charge in [-0.3, -0.25) is 4.90 Å². The zero-order valence-corrected chi connectivity index (χ0v) is 18.7. The summed E-state index contributed by atoms with van der Waals surface area (Å²) in [6, 6.07) is 6.95. The van der Waals surface area contributed by atoms with Crippen LogP contribution < -0.4 is 4.74 Å².